The van der Waals surface area contributed by atoms with Gasteiger partial charge in [0.1, 0.15) is 12.0 Å². The van der Waals surface area contributed by atoms with Gasteiger partial charge < -0.3 is 22.5 Å². The maximum Gasteiger partial charge on any atom is 0.254 e. The van der Waals surface area contributed by atoms with E-state index in [0.717, 1.165) is 6.42 Å². The molecule has 1 heterocycles. The second kappa shape index (κ2) is 5.35. The Hall–Kier alpha value is -1.96. The number of rotatable bonds is 4. The Labute approximate surface area is 111 Å². The summed E-state index contributed by atoms with van der Waals surface area (Å²) in [4.78, 5) is 19.0. The van der Waals surface area contributed by atoms with Crippen molar-refractivity contribution in [3.63, 3.8) is 0 Å². The standard InChI is InChI=1S/C11H17FN6O/c12-6-2-1-3-7(8(6)13)17-11-16-4-5(10(15)19)9(14)18-11/h4,6-8H,1-3,13H2,(H2,15,19)(H3,14,16,17,18)/i/hT. The number of carbonyl (C=O) groups excluding carboxylic acids is 1. The lowest BCUT2D eigenvalue weighted by Crippen LogP contribution is -2.49. The van der Waals surface area contributed by atoms with Gasteiger partial charge in [0, 0.05) is 12.2 Å². The molecule has 7 nitrogen and oxygen atoms in total. The number of nitrogen functional groups attached to an aromatic ring is 1. The molecule has 104 valence electrons. The summed E-state index contributed by atoms with van der Waals surface area (Å²) < 4.78 is 20.6. The first-order valence-corrected chi connectivity index (χ1v) is 6.03. The van der Waals surface area contributed by atoms with Gasteiger partial charge in [0.05, 0.1) is 11.6 Å². The van der Waals surface area contributed by atoms with E-state index in [9.17, 15) is 9.18 Å². The molecule has 0 spiro atoms. The molecule has 1 fully saturated rings. The van der Waals surface area contributed by atoms with Crippen molar-refractivity contribution in [1.82, 2.24) is 9.97 Å². The zero-order valence-electron chi connectivity index (χ0n) is 11.3. The zero-order chi connectivity index (χ0) is 14.7. The lowest BCUT2D eigenvalue weighted by Gasteiger charge is -2.32. The molecule has 1 aliphatic carbocycles. The molecule has 7 N–H and O–H groups in total. The molecule has 1 saturated carbocycles. The van der Waals surface area contributed by atoms with Crippen LogP contribution in [-0.4, -0.2) is 34.1 Å². The van der Waals surface area contributed by atoms with E-state index in [-0.39, 0.29) is 23.4 Å². The van der Waals surface area contributed by atoms with Gasteiger partial charge in [0.25, 0.3) is 5.91 Å². The molecule has 3 atom stereocenters. The highest BCUT2D eigenvalue weighted by molar-refractivity contribution is 5.96. The van der Waals surface area contributed by atoms with Gasteiger partial charge in [-0.2, -0.15) is 4.98 Å². The first-order chi connectivity index (χ1) is 9.52. The van der Waals surface area contributed by atoms with Crippen LogP contribution in [0.1, 0.15) is 29.6 Å². The molecular weight excluding hydrogens is 251 g/mol. The fourth-order valence-electron chi connectivity index (χ4n) is 2.14. The molecule has 1 amide bonds. The number of nitrogens with zero attached hydrogens (tertiary/aromatic N) is 2. The minimum atomic E-state index is -1.06. The first kappa shape index (κ1) is 12.1. The zero-order valence-corrected chi connectivity index (χ0v) is 10.3. The van der Waals surface area contributed by atoms with Crippen molar-refractivity contribution in [3.05, 3.63) is 11.8 Å². The summed E-state index contributed by atoms with van der Waals surface area (Å²) >= 11 is 0. The van der Waals surface area contributed by atoms with Crippen LogP contribution in [0.3, 0.4) is 0 Å². The third kappa shape index (κ3) is 2.90. The SMILES string of the molecule is [3H]Nc1nc(NC2CCCC(F)C2N)ncc1C(N)=O. The topological polar surface area (TPSA) is 133 Å². The van der Waals surface area contributed by atoms with Crippen molar-refractivity contribution in [2.24, 2.45) is 11.5 Å². The number of halogens is 1. The molecule has 0 radical (unpaired) electrons. The summed E-state index contributed by atoms with van der Waals surface area (Å²) in [6, 6.07) is -0.910. The normalized spacial score (nSPS) is 27.5. The largest absolute Gasteiger partial charge is 0.383 e. The molecule has 1 aromatic heterocycles. The van der Waals surface area contributed by atoms with Gasteiger partial charge >= 0.3 is 0 Å². The molecule has 1 aliphatic rings. The molecule has 1 aromatic rings. The predicted molar refractivity (Wildman–Crippen MR) is 69.1 cm³/mol. The predicted octanol–water partition coefficient (Wildman–Crippen LogP) is -0.212. The minimum absolute atomic E-state index is 0.00354. The number of nitrogens with two attached hydrogens (primary N) is 3. The Kier molecular flexibility index (Phi) is 3.41. The Morgan fingerprint density at radius 1 is 1.58 bits per heavy atom. The lowest BCUT2D eigenvalue weighted by molar-refractivity contribution is 0.100. The van der Waals surface area contributed by atoms with Crippen molar-refractivity contribution in [1.29, 1.82) is 0 Å². The van der Waals surface area contributed by atoms with E-state index in [4.69, 9.17) is 12.9 Å². The quantitative estimate of drug-likeness (QED) is 0.598. The van der Waals surface area contributed by atoms with Crippen LogP contribution in [0.5, 0.6) is 0 Å². The minimum Gasteiger partial charge on any atom is -0.383 e. The molecule has 3 unspecified atom stereocenters. The molecule has 2 rings (SSSR count). The monoisotopic (exact) mass is 270 g/mol. The van der Waals surface area contributed by atoms with Gasteiger partial charge in [-0.05, 0) is 19.3 Å². The first-order valence-electron chi connectivity index (χ1n) is 6.53. The van der Waals surface area contributed by atoms with Crippen LogP contribution < -0.4 is 22.5 Å². The maximum absolute atomic E-state index is 13.5. The fraction of sp³-hybridized carbons (Fsp3) is 0.545. The molecule has 0 saturated heterocycles. The number of nitrogens with one attached hydrogen (secondary N) is 1. The Balaban J connectivity index is 2.15. The van der Waals surface area contributed by atoms with E-state index >= 15 is 0 Å². The number of hydrogen-bond donors (Lipinski definition) is 4. The van der Waals surface area contributed by atoms with E-state index in [1.54, 1.807) is 0 Å². The third-order valence-electron chi connectivity index (χ3n) is 3.25. The van der Waals surface area contributed by atoms with Gasteiger partial charge in [-0.25, -0.2) is 9.37 Å². The maximum atomic E-state index is 13.5. The molecule has 8 heteroatoms. The average Bonchev–Trinajstić information content (AvgIpc) is 2.43. The van der Waals surface area contributed by atoms with Gasteiger partial charge in [-0.15, -0.1) is 0 Å². The van der Waals surface area contributed by atoms with Gasteiger partial charge in [0.2, 0.25) is 5.95 Å². The van der Waals surface area contributed by atoms with E-state index in [1.165, 1.54) is 6.20 Å². The summed E-state index contributed by atoms with van der Waals surface area (Å²) in [7, 11) is 0. The second-order valence-electron chi connectivity index (χ2n) is 4.60. The molecular formula is C11H17FN6O. The average molecular weight is 270 g/mol. The number of primary amides is 1. The van der Waals surface area contributed by atoms with Crippen LogP contribution in [0.4, 0.5) is 16.2 Å². The van der Waals surface area contributed by atoms with Crippen LogP contribution in [0, 0.1) is 0 Å². The highest BCUT2D eigenvalue weighted by atomic mass is 19.1. The summed E-state index contributed by atoms with van der Waals surface area (Å²) in [6.45, 7) is 0. The number of amides is 1. The van der Waals surface area contributed by atoms with Crippen molar-refractivity contribution in [2.75, 3.05) is 11.0 Å². The third-order valence-corrected chi connectivity index (χ3v) is 3.25. The van der Waals surface area contributed by atoms with E-state index in [0.29, 0.717) is 12.8 Å². The number of aromatic nitrogens is 2. The number of anilines is 2. The summed E-state index contributed by atoms with van der Waals surface area (Å²) in [5.41, 5.74) is 13.0. The number of hydrogen-bond acceptors (Lipinski definition) is 6. The van der Waals surface area contributed by atoms with E-state index in [2.05, 4.69) is 15.3 Å². The number of carbonyl (C=O) groups is 1. The van der Waals surface area contributed by atoms with Crippen molar-refractivity contribution in [2.45, 2.75) is 37.5 Å². The molecule has 0 bridgehead atoms. The van der Waals surface area contributed by atoms with Crippen LogP contribution in [0.25, 0.3) is 0 Å². The molecule has 19 heavy (non-hydrogen) atoms. The molecule has 0 aliphatic heterocycles. The number of alkyl halides is 1. The van der Waals surface area contributed by atoms with Crippen LogP contribution in [0.2, 0.25) is 1.41 Å². The highest BCUT2D eigenvalue weighted by Gasteiger charge is 2.30. The lowest BCUT2D eigenvalue weighted by atomic mass is 9.89. The van der Waals surface area contributed by atoms with Crippen LogP contribution >= 0.6 is 0 Å². The van der Waals surface area contributed by atoms with Gasteiger partial charge in [-0.1, -0.05) is 0 Å². The smallest absolute Gasteiger partial charge is 0.254 e. The Morgan fingerprint density at radius 3 is 3.05 bits per heavy atom. The van der Waals surface area contributed by atoms with Crippen molar-refractivity contribution >= 4 is 17.7 Å². The summed E-state index contributed by atoms with van der Waals surface area (Å²) in [5.74, 6) is -0.556. The molecule has 0 aromatic carbocycles. The Morgan fingerprint density at radius 2 is 2.37 bits per heavy atom. The highest BCUT2D eigenvalue weighted by Crippen LogP contribution is 2.23. The van der Waals surface area contributed by atoms with E-state index in [1.807, 2.05) is 5.73 Å². The summed E-state index contributed by atoms with van der Waals surface area (Å²) in [5, 5.41) is 2.94. The fourth-order valence-corrected chi connectivity index (χ4v) is 2.14. The summed E-state index contributed by atoms with van der Waals surface area (Å²) in [6.07, 6.45) is 2.07. The van der Waals surface area contributed by atoms with Crippen LogP contribution in [-0.2, 0) is 0 Å². The van der Waals surface area contributed by atoms with Crippen molar-refractivity contribution in [3.8, 4) is 0 Å². The van der Waals surface area contributed by atoms with Gasteiger partial charge in [-0.3, -0.25) is 4.79 Å². The van der Waals surface area contributed by atoms with Gasteiger partial charge in [0.15, 0.2) is 1.41 Å². The van der Waals surface area contributed by atoms with Crippen molar-refractivity contribution < 1.29 is 10.6 Å². The van der Waals surface area contributed by atoms with E-state index < -0.39 is 18.1 Å². The Bertz CT molecular complexity index is 502. The van der Waals surface area contributed by atoms with Crippen LogP contribution in [0.15, 0.2) is 6.20 Å². The second-order valence-corrected chi connectivity index (χ2v) is 4.60.